The number of hydrogen-bond donors (Lipinski definition) is 4. The van der Waals surface area contributed by atoms with Gasteiger partial charge in [0.1, 0.15) is 23.5 Å². The minimum absolute atomic E-state index is 0.0172. The molecule has 5 rings (SSSR count). The largest absolute Gasteiger partial charge is 0.453 e. The molecule has 4 N–H and O–H groups in total. The Bertz CT molecular complexity index is 1670. The molecule has 0 spiro atoms. The molecule has 43 heavy (non-hydrogen) atoms. The number of methoxy groups -OCH3 is 1. The highest BCUT2D eigenvalue weighted by molar-refractivity contribution is 6.30. The van der Waals surface area contributed by atoms with E-state index in [2.05, 4.69) is 36.7 Å². The SMILES string of the molecule is COC(=O)Nc1ccc2c(c1)NC(=O)CC/C=C/C[C@H](N1CC[C@@H](c3c(F)ccc(Cl)c3F)NC1=O)c1nc(C#N)c-2[nH]1. The number of amides is 4. The summed E-state index contributed by atoms with van der Waals surface area (Å²) < 4.78 is 33.9. The number of H-pyrrole nitrogens is 1. The molecule has 1 saturated heterocycles. The van der Waals surface area contributed by atoms with Crippen LogP contribution in [0, 0.1) is 23.0 Å². The fourth-order valence-corrected chi connectivity index (χ4v) is 5.31. The van der Waals surface area contributed by atoms with E-state index in [4.69, 9.17) is 11.6 Å². The van der Waals surface area contributed by atoms with Crippen molar-refractivity contribution in [2.45, 2.75) is 37.8 Å². The number of halogens is 3. The van der Waals surface area contributed by atoms with Gasteiger partial charge in [-0.15, -0.1) is 0 Å². The summed E-state index contributed by atoms with van der Waals surface area (Å²) in [5, 5.41) is 17.8. The van der Waals surface area contributed by atoms with E-state index in [1.165, 1.54) is 18.1 Å². The summed E-state index contributed by atoms with van der Waals surface area (Å²) in [7, 11) is 1.22. The number of anilines is 2. The number of nitriles is 1. The second-order valence-electron chi connectivity index (χ2n) is 9.89. The van der Waals surface area contributed by atoms with Crippen molar-refractivity contribution >= 4 is 41.0 Å². The van der Waals surface area contributed by atoms with Gasteiger partial charge in [-0.1, -0.05) is 23.8 Å². The molecule has 3 aromatic rings. The summed E-state index contributed by atoms with van der Waals surface area (Å²) in [5.74, 6) is -1.73. The molecule has 11 nitrogen and oxygen atoms in total. The van der Waals surface area contributed by atoms with Crippen molar-refractivity contribution in [3.63, 3.8) is 0 Å². The maximum atomic E-state index is 14.7. The van der Waals surface area contributed by atoms with Gasteiger partial charge in [-0.3, -0.25) is 10.1 Å². The summed E-state index contributed by atoms with van der Waals surface area (Å²) in [4.78, 5) is 47.0. The van der Waals surface area contributed by atoms with Crippen LogP contribution in [0.25, 0.3) is 11.3 Å². The number of nitrogens with one attached hydrogen (secondary N) is 4. The third kappa shape index (κ3) is 6.14. The van der Waals surface area contributed by atoms with Gasteiger partial charge in [0.25, 0.3) is 0 Å². The Balaban J connectivity index is 1.51. The van der Waals surface area contributed by atoms with Crippen LogP contribution in [0.4, 0.5) is 29.7 Å². The highest BCUT2D eigenvalue weighted by Gasteiger charge is 2.36. The minimum atomic E-state index is -0.939. The van der Waals surface area contributed by atoms with Gasteiger partial charge >= 0.3 is 12.1 Å². The molecule has 0 unspecified atom stereocenters. The Morgan fingerprint density at radius 3 is 2.79 bits per heavy atom. The lowest BCUT2D eigenvalue weighted by Gasteiger charge is -2.37. The highest BCUT2D eigenvalue weighted by atomic mass is 35.5. The standard InChI is InChI=1S/C29H26ClF2N7O4/c1-43-29(42)34-15-7-8-16-20(13-15)35-23(40)6-4-2-3-5-22(27-36-21(14-33)26(16)38-27)39-12-11-19(37-28(39)41)24-18(31)10-9-17(30)25(24)32/h2-3,7-10,13,19,22H,4-6,11-12H2,1H3,(H,34,42)(H,35,40)(H,36,38)(H,37,41)/b3-2+/t19-,22-/m0/s1. The molecule has 2 atom stereocenters. The van der Waals surface area contributed by atoms with E-state index in [0.29, 0.717) is 34.9 Å². The zero-order valence-electron chi connectivity index (χ0n) is 22.8. The first-order valence-electron chi connectivity index (χ1n) is 13.3. The molecule has 3 heterocycles. The first-order valence-corrected chi connectivity index (χ1v) is 13.7. The lowest BCUT2D eigenvalue weighted by atomic mass is 9.99. The fourth-order valence-electron chi connectivity index (χ4n) is 5.14. The van der Waals surface area contributed by atoms with Crippen molar-refractivity contribution in [1.29, 1.82) is 5.26 Å². The third-order valence-corrected chi connectivity index (χ3v) is 7.52. The highest BCUT2D eigenvalue weighted by Crippen LogP contribution is 2.37. The number of aromatic amines is 1. The molecule has 2 aromatic carbocycles. The first kappa shape index (κ1) is 29.5. The van der Waals surface area contributed by atoms with Crippen LogP contribution in [0.5, 0.6) is 0 Å². The molecule has 1 aromatic heterocycles. The predicted octanol–water partition coefficient (Wildman–Crippen LogP) is 5.93. The van der Waals surface area contributed by atoms with E-state index in [0.717, 1.165) is 12.1 Å². The van der Waals surface area contributed by atoms with Gasteiger partial charge in [0.2, 0.25) is 5.91 Å². The number of rotatable bonds is 3. The zero-order valence-corrected chi connectivity index (χ0v) is 23.6. The molecule has 2 aliphatic rings. The molecular weight excluding hydrogens is 584 g/mol. The predicted molar refractivity (Wildman–Crippen MR) is 153 cm³/mol. The molecule has 0 radical (unpaired) electrons. The Hall–Kier alpha value is -4.96. The molecule has 222 valence electrons. The summed E-state index contributed by atoms with van der Waals surface area (Å²) in [5.41, 5.74) is 1.10. The molecule has 0 aliphatic carbocycles. The summed E-state index contributed by atoms with van der Waals surface area (Å²) in [6.07, 6.45) is 3.93. The van der Waals surface area contributed by atoms with Crippen LogP contribution in [-0.2, 0) is 9.53 Å². The van der Waals surface area contributed by atoms with Crippen LogP contribution in [0.1, 0.15) is 54.8 Å². The van der Waals surface area contributed by atoms with Crippen LogP contribution in [0.15, 0.2) is 42.5 Å². The second-order valence-corrected chi connectivity index (χ2v) is 10.3. The smallest absolute Gasteiger partial charge is 0.411 e. The van der Waals surface area contributed by atoms with E-state index in [-0.39, 0.29) is 48.0 Å². The van der Waals surface area contributed by atoms with Crippen molar-refractivity contribution in [3.05, 3.63) is 76.2 Å². The summed E-state index contributed by atoms with van der Waals surface area (Å²) in [6, 6.07) is 6.75. The number of allylic oxidation sites excluding steroid dienone is 1. The molecule has 2 aliphatic heterocycles. The Morgan fingerprint density at radius 1 is 1.23 bits per heavy atom. The Kier molecular flexibility index (Phi) is 8.58. The number of benzene rings is 2. The first-order chi connectivity index (χ1) is 20.7. The zero-order chi connectivity index (χ0) is 30.7. The summed E-state index contributed by atoms with van der Waals surface area (Å²) >= 11 is 5.87. The Morgan fingerprint density at radius 2 is 2.05 bits per heavy atom. The van der Waals surface area contributed by atoms with Crippen molar-refractivity contribution in [3.8, 4) is 17.3 Å². The van der Waals surface area contributed by atoms with Crippen LogP contribution in [0.2, 0.25) is 5.02 Å². The molecule has 0 saturated carbocycles. The van der Waals surface area contributed by atoms with Crippen molar-refractivity contribution in [2.24, 2.45) is 0 Å². The molecule has 14 heteroatoms. The van der Waals surface area contributed by atoms with Crippen molar-refractivity contribution in [2.75, 3.05) is 24.3 Å². The topological polar surface area (TPSA) is 152 Å². The lowest BCUT2D eigenvalue weighted by molar-refractivity contribution is -0.116. The number of ether oxygens (including phenoxy) is 1. The van der Waals surface area contributed by atoms with Gasteiger partial charge in [0.15, 0.2) is 5.69 Å². The van der Waals surface area contributed by atoms with Gasteiger partial charge < -0.3 is 25.3 Å². The van der Waals surface area contributed by atoms with Gasteiger partial charge in [0.05, 0.1) is 35.6 Å². The fraction of sp³-hybridized carbons (Fsp3) is 0.276. The number of aromatic nitrogens is 2. The molecule has 1 fully saturated rings. The van der Waals surface area contributed by atoms with Crippen molar-refractivity contribution in [1.82, 2.24) is 20.2 Å². The maximum Gasteiger partial charge on any atom is 0.411 e. The molecule has 2 bridgehead atoms. The normalized spacial score (nSPS) is 19.4. The lowest BCUT2D eigenvalue weighted by Crippen LogP contribution is -2.49. The average molecular weight is 610 g/mol. The van der Waals surface area contributed by atoms with E-state index < -0.39 is 35.8 Å². The van der Waals surface area contributed by atoms with Gasteiger partial charge in [-0.25, -0.2) is 23.4 Å². The number of nitrogens with zero attached hydrogens (tertiary/aromatic N) is 3. The number of imidazole rings is 1. The number of fused-ring (bicyclic) bond motifs is 4. The monoisotopic (exact) mass is 609 g/mol. The van der Waals surface area contributed by atoms with Crippen LogP contribution < -0.4 is 16.0 Å². The van der Waals surface area contributed by atoms with Crippen LogP contribution >= 0.6 is 11.6 Å². The van der Waals surface area contributed by atoms with Crippen LogP contribution in [0.3, 0.4) is 0 Å². The average Bonchev–Trinajstić information content (AvgIpc) is 3.41. The number of carbonyl (C=O) groups excluding carboxylic acids is 3. The summed E-state index contributed by atoms with van der Waals surface area (Å²) in [6.45, 7) is 0.123. The van der Waals surface area contributed by atoms with E-state index in [9.17, 15) is 28.4 Å². The van der Waals surface area contributed by atoms with Crippen LogP contribution in [-0.4, -0.2) is 46.6 Å². The Labute approximate surface area is 249 Å². The number of carbonyl (C=O) groups is 3. The van der Waals surface area contributed by atoms with Gasteiger partial charge in [-0.05, 0) is 49.6 Å². The van der Waals surface area contributed by atoms with E-state index in [1.807, 2.05) is 6.08 Å². The second kappa shape index (κ2) is 12.5. The third-order valence-electron chi connectivity index (χ3n) is 7.22. The maximum absolute atomic E-state index is 14.7. The molecular formula is C29H26ClF2N7O4. The minimum Gasteiger partial charge on any atom is -0.453 e. The quantitative estimate of drug-likeness (QED) is 0.213. The number of urea groups is 1. The number of hydrogen-bond acceptors (Lipinski definition) is 6. The van der Waals surface area contributed by atoms with E-state index in [1.54, 1.807) is 18.2 Å². The van der Waals surface area contributed by atoms with Crippen molar-refractivity contribution < 1.29 is 27.9 Å². The van der Waals surface area contributed by atoms with E-state index >= 15 is 0 Å². The molecule has 4 amide bonds. The van der Waals surface area contributed by atoms with Gasteiger partial charge in [-0.2, -0.15) is 5.26 Å². The van der Waals surface area contributed by atoms with Gasteiger partial charge in [0, 0.05) is 29.8 Å².